The van der Waals surface area contributed by atoms with Gasteiger partial charge in [0.05, 0.1) is 19.0 Å². The normalized spacial score (nSPS) is 22.1. The van der Waals surface area contributed by atoms with E-state index in [0.29, 0.717) is 18.5 Å². The minimum absolute atomic E-state index is 0.0952. The molecule has 0 amide bonds. The molecule has 4 rings (SSSR count). The van der Waals surface area contributed by atoms with Gasteiger partial charge >= 0.3 is 0 Å². The van der Waals surface area contributed by atoms with Gasteiger partial charge in [-0.3, -0.25) is 0 Å². The third kappa shape index (κ3) is 4.67. The van der Waals surface area contributed by atoms with Crippen molar-refractivity contribution >= 4 is 0 Å². The van der Waals surface area contributed by atoms with Crippen LogP contribution in [0.15, 0.2) is 84.9 Å². The second kappa shape index (κ2) is 9.13. The summed E-state index contributed by atoms with van der Waals surface area (Å²) in [7, 11) is 0. The number of rotatable bonds is 6. The molecule has 3 atom stereocenters. The molecule has 0 bridgehead atoms. The Labute approximate surface area is 167 Å². The molecule has 0 saturated carbocycles. The monoisotopic (exact) mass is 376 g/mol. The number of benzene rings is 3. The van der Waals surface area contributed by atoms with E-state index in [1.54, 1.807) is 17.0 Å². The Morgan fingerprint density at radius 2 is 1.54 bits per heavy atom. The molecule has 0 aromatic heterocycles. The number of likely N-dealkylation sites (tertiary alicyclic amines) is 1. The van der Waals surface area contributed by atoms with Crippen molar-refractivity contribution in [1.82, 2.24) is 0 Å². The van der Waals surface area contributed by atoms with Crippen molar-refractivity contribution in [3.05, 3.63) is 107 Å². The fourth-order valence-electron chi connectivity index (χ4n) is 4.47. The highest BCUT2D eigenvalue weighted by molar-refractivity contribution is 5.21. The van der Waals surface area contributed by atoms with Crippen molar-refractivity contribution in [3.8, 4) is 0 Å². The molecule has 28 heavy (non-hydrogen) atoms. The predicted octanol–water partition coefficient (Wildman–Crippen LogP) is 2.53. The fraction of sp³-hybridized carbons (Fsp3) is 0.280. The second-order valence-corrected chi connectivity index (χ2v) is 7.87. The van der Waals surface area contributed by atoms with Gasteiger partial charge in [-0.2, -0.15) is 0 Å². The van der Waals surface area contributed by atoms with Crippen LogP contribution in [0.3, 0.4) is 0 Å². The van der Waals surface area contributed by atoms with Crippen LogP contribution in [-0.2, 0) is 13.1 Å². The highest BCUT2D eigenvalue weighted by atomic mass is 19.1. The summed E-state index contributed by atoms with van der Waals surface area (Å²) in [6, 6.07) is 29.3. The van der Waals surface area contributed by atoms with Crippen molar-refractivity contribution in [1.29, 1.82) is 0 Å². The molecule has 0 radical (unpaired) electrons. The number of halogens is 1. The van der Waals surface area contributed by atoms with E-state index in [4.69, 9.17) is 0 Å². The Balaban J connectivity index is 1.47. The zero-order valence-electron chi connectivity index (χ0n) is 16.2. The zero-order valence-corrected chi connectivity index (χ0v) is 16.2. The highest BCUT2D eigenvalue weighted by Crippen LogP contribution is 2.20. The minimum atomic E-state index is -0.0952. The smallest absolute Gasteiger partial charge is 0.132 e. The first-order valence-electron chi connectivity index (χ1n) is 10.3. The summed E-state index contributed by atoms with van der Waals surface area (Å²) >= 11 is 0. The number of nitrogens with two attached hydrogens (primary N) is 1. The molecule has 0 spiro atoms. The predicted molar refractivity (Wildman–Crippen MR) is 110 cm³/mol. The Bertz CT molecular complexity index is 866. The lowest BCUT2D eigenvalue weighted by Gasteiger charge is -2.35. The van der Waals surface area contributed by atoms with Gasteiger partial charge in [-0.05, 0) is 11.6 Å². The van der Waals surface area contributed by atoms with Crippen LogP contribution in [0.2, 0.25) is 0 Å². The van der Waals surface area contributed by atoms with Crippen molar-refractivity contribution in [2.75, 3.05) is 13.1 Å². The Morgan fingerprint density at radius 3 is 2.29 bits per heavy atom. The highest BCUT2D eigenvalue weighted by Gasteiger charge is 2.35. The minimum Gasteiger partial charge on any atom is -0.339 e. The van der Waals surface area contributed by atoms with Crippen molar-refractivity contribution in [3.63, 3.8) is 0 Å². The molecule has 1 aliphatic heterocycles. The van der Waals surface area contributed by atoms with E-state index in [-0.39, 0.29) is 5.82 Å². The van der Waals surface area contributed by atoms with Crippen LogP contribution in [0.5, 0.6) is 0 Å². The summed E-state index contributed by atoms with van der Waals surface area (Å²) in [6.07, 6.45) is 1.15. The van der Waals surface area contributed by atoms with Gasteiger partial charge < -0.3 is 10.2 Å². The molecular formula is C25H29FN2+2. The van der Waals surface area contributed by atoms with E-state index in [0.717, 1.165) is 31.6 Å². The van der Waals surface area contributed by atoms with E-state index in [2.05, 4.69) is 66.0 Å². The van der Waals surface area contributed by atoms with Gasteiger partial charge in [-0.1, -0.05) is 78.9 Å². The molecule has 1 aliphatic rings. The van der Waals surface area contributed by atoms with Crippen LogP contribution in [-0.4, -0.2) is 19.1 Å². The Kier molecular flexibility index (Phi) is 6.15. The third-order valence-corrected chi connectivity index (χ3v) is 5.98. The zero-order chi connectivity index (χ0) is 19.2. The van der Waals surface area contributed by atoms with Crippen LogP contribution in [0.25, 0.3) is 0 Å². The summed E-state index contributed by atoms with van der Waals surface area (Å²) in [4.78, 5) is 1.63. The number of piperidine rings is 1. The van der Waals surface area contributed by atoms with Crippen LogP contribution in [0, 0.1) is 5.82 Å². The number of hydrogen-bond acceptors (Lipinski definition) is 0. The molecule has 1 unspecified atom stereocenters. The van der Waals surface area contributed by atoms with Gasteiger partial charge in [0.15, 0.2) is 0 Å². The summed E-state index contributed by atoms with van der Waals surface area (Å²) in [5, 5.41) is 2.36. The summed E-state index contributed by atoms with van der Waals surface area (Å²) in [5.41, 5.74) is 3.61. The molecule has 3 N–H and O–H groups in total. The summed E-state index contributed by atoms with van der Waals surface area (Å²) < 4.78 is 14.0. The van der Waals surface area contributed by atoms with Crippen molar-refractivity contribution in [2.45, 2.75) is 31.5 Å². The SMILES string of the molecule is Fc1ccccc1C[NH2+][C@H]1CC[NH+](Cc2ccccc2)C[C@H]1c1ccccc1. The van der Waals surface area contributed by atoms with Gasteiger partial charge in [0.1, 0.15) is 24.9 Å². The van der Waals surface area contributed by atoms with E-state index < -0.39 is 0 Å². The topological polar surface area (TPSA) is 21.1 Å². The lowest BCUT2D eigenvalue weighted by atomic mass is 9.85. The molecule has 144 valence electrons. The Hall–Kier alpha value is -2.49. The maximum absolute atomic E-state index is 14.0. The molecule has 0 aliphatic carbocycles. The quantitative estimate of drug-likeness (QED) is 0.660. The Morgan fingerprint density at radius 1 is 0.857 bits per heavy atom. The summed E-state index contributed by atoms with van der Waals surface area (Å²) in [6.45, 7) is 4.06. The number of hydrogen-bond donors (Lipinski definition) is 2. The van der Waals surface area contributed by atoms with E-state index in [1.165, 1.54) is 11.1 Å². The van der Waals surface area contributed by atoms with Gasteiger partial charge in [0.25, 0.3) is 0 Å². The second-order valence-electron chi connectivity index (χ2n) is 7.87. The average Bonchev–Trinajstić information content (AvgIpc) is 2.75. The van der Waals surface area contributed by atoms with Gasteiger partial charge in [-0.15, -0.1) is 0 Å². The molecule has 3 aromatic rings. The standard InChI is InChI=1S/C25H27FN2/c26-24-14-8-7-13-22(24)17-27-25-15-16-28(18-20-9-3-1-4-10-20)19-23(25)21-11-5-2-6-12-21/h1-14,23,25,27H,15-19H2/p+2/t23-,25-/m0/s1. The first-order valence-corrected chi connectivity index (χ1v) is 10.3. The van der Waals surface area contributed by atoms with Gasteiger partial charge in [-0.25, -0.2) is 4.39 Å². The fourth-order valence-corrected chi connectivity index (χ4v) is 4.47. The molecule has 2 nitrogen and oxygen atoms in total. The lowest BCUT2D eigenvalue weighted by Crippen LogP contribution is -3.14. The molecule has 3 heteroatoms. The van der Waals surface area contributed by atoms with Crippen molar-refractivity contribution < 1.29 is 14.6 Å². The van der Waals surface area contributed by atoms with Crippen LogP contribution in [0.4, 0.5) is 4.39 Å². The largest absolute Gasteiger partial charge is 0.339 e. The summed E-state index contributed by atoms with van der Waals surface area (Å²) in [5.74, 6) is 0.391. The first-order chi connectivity index (χ1) is 13.8. The molecule has 3 aromatic carbocycles. The first kappa shape index (κ1) is 18.9. The van der Waals surface area contributed by atoms with E-state index >= 15 is 0 Å². The van der Waals surface area contributed by atoms with Crippen LogP contribution < -0.4 is 10.2 Å². The molecule has 1 fully saturated rings. The molecule has 1 heterocycles. The van der Waals surface area contributed by atoms with Crippen LogP contribution in [0.1, 0.15) is 29.0 Å². The van der Waals surface area contributed by atoms with Gasteiger partial charge in [0.2, 0.25) is 0 Å². The third-order valence-electron chi connectivity index (χ3n) is 5.98. The number of nitrogens with one attached hydrogen (secondary N) is 1. The average molecular weight is 377 g/mol. The molecular weight excluding hydrogens is 347 g/mol. The lowest BCUT2D eigenvalue weighted by molar-refractivity contribution is -0.928. The molecule has 1 saturated heterocycles. The maximum atomic E-state index is 14.0. The number of quaternary nitrogens is 2. The van der Waals surface area contributed by atoms with Crippen molar-refractivity contribution in [2.24, 2.45) is 0 Å². The van der Waals surface area contributed by atoms with Crippen LogP contribution >= 0.6 is 0 Å². The van der Waals surface area contributed by atoms with Gasteiger partial charge in [0, 0.05) is 17.5 Å². The maximum Gasteiger partial charge on any atom is 0.132 e. The van der Waals surface area contributed by atoms with E-state index in [9.17, 15) is 4.39 Å². The van der Waals surface area contributed by atoms with E-state index in [1.807, 2.05) is 12.1 Å².